The maximum Gasteiger partial charge on any atom is 0.161 e. The van der Waals surface area contributed by atoms with Gasteiger partial charge in [0.05, 0.1) is 16.3 Å². The van der Waals surface area contributed by atoms with Gasteiger partial charge < -0.3 is 0 Å². The van der Waals surface area contributed by atoms with Crippen molar-refractivity contribution in [2.24, 2.45) is 0 Å². The summed E-state index contributed by atoms with van der Waals surface area (Å²) in [7, 11) is 0. The summed E-state index contributed by atoms with van der Waals surface area (Å²) in [6.07, 6.45) is 0. The van der Waals surface area contributed by atoms with Crippen LogP contribution in [0.2, 0.25) is 0 Å². The van der Waals surface area contributed by atoms with Crippen molar-refractivity contribution in [3.63, 3.8) is 0 Å². The van der Waals surface area contributed by atoms with E-state index in [0.717, 1.165) is 33.2 Å². The van der Waals surface area contributed by atoms with Crippen molar-refractivity contribution in [1.29, 1.82) is 0 Å². The topological polar surface area (TPSA) is 25.8 Å². The lowest BCUT2D eigenvalue weighted by Gasteiger charge is -2.11. The molecule has 0 aliphatic rings. The molecular formula is C40H24N2S2. The summed E-state index contributed by atoms with van der Waals surface area (Å²) in [6, 6.07) is 51.9. The molecule has 44 heavy (non-hydrogen) atoms. The van der Waals surface area contributed by atoms with Crippen LogP contribution in [0.4, 0.5) is 0 Å². The fraction of sp³-hybridized carbons (Fsp3) is 0. The summed E-state index contributed by atoms with van der Waals surface area (Å²) < 4.78 is 3.76. The molecule has 0 unspecified atom stereocenters. The Labute approximate surface area is 262 Å². The molecule has 0 fully saturated rings. The van der Waals surface area contributed by atoms with Crippen LogP contribution in [0, 0.1) is 0 Å². The second kappa shape index (κ2) is 10.2. The highest BCUT2D eigenvalue weighted by Crippen LogP contribution is 2.41. The normalized spacial score (nSPS) is 11.6. The number of aromatic nitrogens is 2. The van der Waals surface area contributed by atoms with Gasteiger partial charge in [-0.3, -0.25) is 0 Å². The van der Waals surface area contributed by atoms with Gasteiger partial charge >= 0.3 is 0 Å². The van der Waals surface area contributed by atoms with E-state index < -0.39 is 0 Å². The Morgan fingerprint density at radius 2 is 1.05 bits per heavy atom. The predicted molar refractivity (Wildman–Crippen MR) is 190 cm³/mol. The van der Waals surface area contributed by atoms with Crippen molar-refractivity contribution >= 4 is 63.7 Å². The quantitative estimate of drug-likeness (QED) is 0.202. The zero-order valence-corrected chi connectivity index (χ0v) is 25.2. The summed E-state index contributed by atoms with van der Waals surface area (Å²) >= 11 is 3.59. The maximum absolute atomic E-state index is 5.23. The molecule has 0 saturated heterocycles. The van der Waals surface area contributed by atoms with Gasteiger partial charge in [-0.05, 0) is 57.6 Å². The number of nitrogens with zero attached hydrogens (tertiary/aromatic N) is 2. The monoisotopic (exact) mass is 596 g/mol. The second-order valence-electron chi connectivity index (χ2n) is 11.0. The maximum atomic E-state index is 5.23. The van der Waals surface area contributed by atoms with E-state index in [9.17, 15) is 0 Å². The summed E-state index contributed by atoms with van der Waals surface area (Å²) in [6.45, 7) is 0. The predicted octanol–water partition coefficient (Wildman–Crippen LogP) is 11.9. The zero-order valence-electron chi connectivity index (χ0n) is 23.6. The Morgan fingerprint density at radius 1 is 0.409 bits per heavy atom. The van der Waals surface area contributed by atoms with E-state index in [-0.39, 0.29) is 0 Å². The van der Waals surface area contributed by atoms with Crippen LogP contribution in [0.5, 0.6) is 0 Å². The van der Waals surface area contributed by atoms with Crippen LogP contribution < -0.4 is 0 Å². The molecule has 206 valence electrons. The van der Waals surface area contributed by atoms with Gasteiger partial charge in [0, 0.05) is 36.0 Å². The number of benzene rings is 6. The first-order valence-corrected chi connectivity index (χ1v) is 16.3. The second-order valence-corrected chi connectivity index (χ2v) is 13.1. The first kappa shape index (κ1) is 25.3. The van der Waals surface area contributed by atoms with E-state index >= 15 is 0 Å². The number of rotatable bonds is 4. The number of thiophene rings is 2. The highest BCUT2D eigenvalue weighted by atomic mass is 32.1. The summed E-state index contributed by atoms with van der Waals surface area (Å²) in [4.78, 5) is 11.6. The number of fused-ring (bicyclic) bond motifs is 5. The highest BCUT2D eigenvalue weighted by Gasteiger charge is 2.17. The largest absolute Gasteiger partial charge is 0.228 e. The minimum Gasteiger partial charge on any atom is -0.228 e. The first-order chi connectivity index (χ1) is 21.8. The van der Waals surface area contributed by atoms with Gasteiger partial charge in [0.15, 0.2) is 5.82 Å². The lowest BCUT2D eigenvalue weighted by atomic mass is 9.97. The molecule has 0 spiro atoms. The van der Waals surface area contributed by atoms with Crippen LogP contribution in [0.25, 0.3) is 85.4 Å². The van der Waals surface area contributed by atoms with Crippen LogP contribution >= 0.6 is 22.7 Å². The van der Waals surface area contributed by atoms with E-state index in [1.807, 2.05) is 11.3 Å². The van der Waals surface area contributed by atoms with E-state index in [2.05, 4.69) is 146 Å². The molecule has 9 aromatic rings. The van der Waals surface area contributed by atoms with Crippen molar-refractivity contribution < 1.29 is 0 Å². The van der Waals surface area contributed by atoms with E-state index in [1.165, 1.54) is 52.2 Å². The van der Waals surface area contributed by atoms with Crippen LogP contribution in [0.3, 0.4) is 0 Å². The Morgan fingerprint density at radius 3 is 1.91 bits per heavy atom. The average Bonchev–Trinajstić information content (AvgIpc) is 3.70. The van der Waals surface area contributed by atoms with E-state index in [1.54, 1.807) is 11.3 Å². The standard InChI is InChI=1S/C40H24N2S2/c1-3-12-29-25(9-1)11-7-14-30(29)26-19-21-27(22-20-26)34-24-35(38-23-28-10-2-5-17-36(28)43-38)42-40(41-34)33-16-8-15-32-31-13-4-6-18-37(31)44-39(32)33/h1-24H. The summed E-state index contributed by atoms with van der Waals surface area (Å²) in [5.74, 6) is 0.755. The molecule has 0 bridgehead atoms. The van der Waals surface area contributed by atoms with Gasteiger partial charge in [-0.1, -0.05) is 115 Å². The van der Waals surface area contributed by atoms with E-state index in [4.69, 9.17) is 9.97 Å². The minimum absolute atomic E-state index is 0.755. The molecule has 0 aliphatic heterocycles. The molecule has 9 rings (SSSR count). The van der Waals surface area contributed by atoms with Gasteiger partial charge in [-0.25, -0.2) is 9.97 Å². The Bertz CT molecular complexity index is 2460. The van der Waals surface area contributed by atoms with Gasteiger partial charge in [-0.2, -0.15) is 0 Å². The Kier molecular flexibility index (Phi) is 5.90. The molecule has 0 atom stereocenters. The van der Waals surface area contributed by atoms with Crippen molar-refractivity contribution in [2.75, 3.05) is 0 Å². The lowest BCUT2D eigenvalue weighted by Crippen LogP contribution is -1.95. The molecule has 4 heteroatoms. The molecule has 0 amide bonds. The van der Waals surface area contributed by atoms with Gasteiger partial charge in [0.1, 0.15) is 0 Å². The summed E-state index contributed by atoms with van der Waals surface area (Å²) in [5.41, 5.74) is 6.44. The average molecular weight is 597 g/mol. The molecule has 0 N–H and O–H groups in total. The molecule has 0 saturated carbocycles. The molecule has 2 nitrogen and oxygen atoms in total. The third-order valence-electron chi connectivity index (χ3n) is 8.33. The Balaban J connectivity index is 1.22. The molecule has 3 aromatic heterocycles. The fourth-order valence-electron chi connectivity index (χ4n) is 6.17. The number of hydrogen-bond acceptors (Lipinski definition) is 4. The summed E-state index contributed by atoms with van der Waals surface area (Å²) in [5, 5.41) is 6.27. The lowest BCUT2D eigenvalue weighted by molar-refractivity contribution is 1.19. The molecule has 0 radical (unpaired) electrons. The molecule has 3 heterocycles. The van der Waals surface area contributed by atoms with Crippen molar-refractivity contribution in [3.8, 4) is 44.3 Å². The number of hydrogen-bond donors (Lipinski definition) is 0. The molecule has 6 aromatic carbocycles. The first-order valence-electron chi connectivity index (χ1n) is 14.7. The van der Waals surface area contributed by atoms with Crippen molar-refractivity contribution in [3.05, 3.63) is 146 Å². The smallest absolute Gasteiger partial charge is 0.161 e. The van der Waals surface area contributed by atoms with E-state index in [0.29, 0.717) is 0 Å². The van der Waals surface area contributed by atoms with Crippen molar-refractivity contribution in [2.45, 2.75) is 0 Å². The van der Waals surface area contributed by atoms with Crippen LogP contribution in [-0.4, -0.2) is 9.97 Å². The van der Waals surface area contributed by atoms with Gasteiger partial charge in [0.25, 0.3) is 0 Å². The third-order valence-corrected chi connectivity index (χ3v) is 10.7. The van der Waals surface area contributed by atoms with Crippen LogP contribution in [0.15, 0.2) is 146 Å². The highest BCUT2D eigenvalue weighted by molar-refractivity contribution is 7.26. The van der Waals surface area contributed by atoms with Crippen LogP contribution in [-0.2, 0) is 0 Å². The Hall–Kier alpha value is -5.16. The SMILES string of the molecule is c1ccc2sc(-c3cc(-c4ccc(-c5cccc6ccccc56)cc4)nc(-c4cccc5c4sc4ccccc45)n3)cc2c1. The fourth-order valence-corrected chi connectivity index (χ4v) is 8.41. The minimum atomic E-state index is 0.755. The third kappa shape index (κ3) is 4.22. The van der Waals surface area contributed by atoms with Crippen LogP contribution in [0.1, 0.15) is 0 Å². The molecular weight excluding hydrogens is 573 g/mol. The van der Waals surface area contributed by atoms with Crippen molar-refractivity contribution in [1.82, 2.24) is 9.97 Å². The van der Waals surface area contributed by atoms with Gasteiger partial charge in [0.2, 0.25) is 0 Å². The zero-order chi connectivity index (χ0) is 29.0. The molecule has 0 aliphatic carbocycles. The van der Waals surface area contributed by atoms with Gasteiger partial charge in [-0.15, -0.1) is 22.7 Å².